The van der Waals surface area contributed by atoms with Crippen LogP contribution in [0.1, 0.15) is 0 Å². The van der Waals surface area contributed by atoms with Gasteiger partial charge in [-0.2, -0.15) is 0 Å². The van der Waals surface area contributed by atoms with Crippen LogP contribution in [0.15, 0.2) is 30.3 Å². The second-order valence-corrected chi connectivity index (χ2v) is 3.46. The lowest BCUT2D eigenvalue weighted by Crippen LogP contribution is -2.17. The fourth-order valence-corrected chi connectivity index (χ4v) is 0.934. The summed E-state index contributed by atoms with van der Waals surface area (Å²) in [5.41, 5.74) is 2.97. The molecule has 0 saturated carbocycles. The van der Waals surface area contributed by atoms with E-state index in [1.807, 2.05) is 11.3 Å². The molecule has 0 fully saturated rings. The fraction of sp³-hybridized carbons (Fsp3) is 0. The van der Waals surface area contributed by atoms with E-state index in [0.29, 0.717) is 5.69 Å². The maximum Gasteiger partial charge on any atom is 0.417 e. The molecule has 0 aliphatic rings. The van der Waals surface area contributed by atoms with E-state index in [0.717, 1.165) is 0 Å². The number of rotatable bonds is 3. The number of anilines is 1. The van der Waals surface area contributed by atoms with Gasteiger partial charge in [0.2, 0.25) is 0 Å². The van der Waals surface area contributed by atoms with Crippen molar-refractivity contribution < 1.29 is 14.4 Å². The molecule has 0 saturated heterocycles. The van der Waals surface area contributed by atoms with Gasteiger partial charge in [0.1, 0.15) is 0 Å². The first-order chi connectivity index (χ1) is 5.58. The molecule has 0 heterocycles. The van der Waals surface area contributed by atoms with Crippen molar-refractivity contribution in [3.8, 4) is 0 Å². The molecule has 0 aliphatic carbocycles. The Morgan fingerprint density at radius 3 is 2.25 bits per heavy atom. The highest BCUT2D eigenvalue weighted by atomic mass is 31.2. The average Bonchev–Trinajstić information content (AvgIpc) is 2.02. The lowest BCUT2D eigenvalue weighted by atomic mass is 10.3. The van der Waals surface area contributed by atoms with Gasteiger partial charge in [0.05, 0.1) is 0 Å². The molecule has 1 aromatic carbocycles. The molecule has 0 spiro atoms. The van der Waals surface area contributed by atoms with Crippen molar-refractivity contribution in [1.29, 1.82) is 0 Å². The summed E-state index contributed by atoms with van der Waals surface area (Å²) < 4.78 is 10.3. The second kappa shape index (κ2) is 3.69. The third kappa shape index (κ3) is 3.50. The molecule has 66 valence electrons. The predicted octanol–water partition coefficient (Wildman–Crippen LogP) is 0.696. The Bertz CT molecular complexity index is 284. The average molecular weight is 188 g/mol. The summed E-state index contributed by atoms with van der Waals surface area (Å²) in [6.07, 6.45) is 0. The standard InChI is InChI=1S/C6H9N2O3P/c9-12(10,11)8-7-6-4-2-1-3-5-6/h1-5,7H,(H3,8,9,10,11). The van der Waals surface area contributed by atoms with Crippen LogP contribution in [0.3, 0.4) is 0 Å². The number of para-hydroxylation sites is 1. The molecule has 6 heteroatoms. The Morgan fingerprint density at radius 2 is 1.75 bits per heavy atom. The van der Waals surface area contributed by atoms with Gasteiger partial charge in [0.15, 0.2) is 0 Å². The van der Waals surface area contributed by atoms with Crippen LogP contribution < -0.4 is 10.6 Å². The Morgan fingerprint density at radius 1 is 1.17 bits per heavy atom. The minimum absolute atomic E-state index is 0.598. The van der Waals surface area contributed by atoms with Crippen LogP contribution in [-0.2, 0) is 4.57 Å². The maximum absolute atomic E-state index is 10.3. The summed E-state index contributed by atoms with van der Waals surface area (Å²) in [5, 5.41) is 1.85. The van der Waals surface area contributed by atoms with E-state index in [1.165, 1.54) is 0 Å². The molecule has 1 rings (SSSR count). The van der Waals surface area contributed by atoms with E-state index in [2.05, 4.69) is 5.43 Å². The first-order valence-corrected chi connectivity index (χ1v) is 4.83. The molecule has 0 atom stereocenters. The van der Waals surface area contributed by atoms with Crippen molar-refractivity contribution in [2.45, 2.75) is 0 Å². The van der Waals surface area contributed by atoms with Gasteiger partial charge in [-0.3, -0.25) is 0 Å². The van der Waals surface area contributed by atoms with Gasteiger partial charge in [-0.1, -0.05) is 18.2 Å². The van der Waals surface area contributed by atoms with E-state index >= 15 is 0 Å². The van der Waals surface area contributed by atoms with Gasteiger partial charge in [-0.05, 0) is 12.1 Å². The maximum atomic E-state index is 10.3. The van der Waals surface area contributed by atoms with E-state index < -0.39 is 7.75 Å². The monoisotopic (exact) mass is 188 g/mol. The lowest BCUT2D eigenvalue weighted by molar-refractivity contribution is 0.362. The summed E-state index contributed by atoms with van der Waals surface area (Å²) in [4.78, 5) is 16.8. The van der Waals surface area contributed by atoms with Crippen LogP contribution in [-0.4, -0.2) is 9.79 Å². The Balaban J connectivity index is 2.50. The van der Waals surface area contributed by atoms with E-state index in [-0.39, 0.29) is 0 Å². The molecule has 0 aliphatic heterocycles. The largest absolute Gasteiger partial charge is 0.417 e. The summed E-state index contributed by atoms with van der Waals surface area (Å²) >= 11 is 0. The fourth-order valence-electron chi connectivity index (χ4n) is 0.659. The topological polar surface area (TPSA) is 81.6 Å². The minimum atomic E-state index is -4.19. The van der Waals surface area contributed by atoms with E-state index in [1.54, 1.807) is 24.3 Å². The molecule has 5 nitrogen and oxygen atoms in total. The van der Waals surface area contributed by atoms with Crippen LogP contribution in [0, 0.1) is 0 Å². The quantitative estimate of drug-likeness (QED) is 0.414. The van der Waals surface area contributed by atoms with Gasteiger partial charge in [0.25, 0.3) is 0 Å². The summed E-state index contributed by atoms with van der Waals surface area (Å²) in [6, 6.07) is 8.68. The van der Waals surface area contributed by atoms with Crippen LogP contribution in [0.25, 0.3) is 0 Å². The van der Waals surface area contributed by atoms with Crippen molar-refractivity contribution in [3.05, 3.63) is 30.3 Å². The summed E-state index contributed by atoms with van der Waals surface area (Å²) in [7, 11) is -4.19. The SMILES string of the molecule is O=P(O)(O)NNc1ccccc1. The number of nitrogens with one attached hydrogen (secondary N) is 2. The van der Waals surface area contributed by atoms with Crippen LogP contribution in [0.5, 0.6) is 0 Å². The van der Waals surface area contributed by atoms with Crippen molar-refractivity contribution in [3.63, 3.8) is 0 Å². The predicted molar refractivity (Wildman–Crippen MR) is 45.2 cm³/mol. The van der Waals surface area contributed by atoms with Gasteiger partial charge in [-0.15, -0.1) is 5.20 Å². The number of hydrazine groups is 1. The van der Waals surface area contributed by atoms with E-state index in [9.17, 15) is 4.57 Å². The van der Waals surface area contributed by atoms with E-state index in [4.69, 9.17) is 9.79 Å². The van der Waals surface area contributed by atoms with Crippen molar-refractivity contribution in [1.82, 2.24) is 5.20 Å². The Kier molecular flexibility index (Phi) is 2.83. The minimum Gasteiger partial charge on any atom is -0.312 e. The molecule has 0 aromatic heterocycles. The molecule has 1 aromatic rings. The normalized spacial score (nSPS) is 11.2. The third-order valence-electron chi connectivity index (χ3n) is 1.12. The number of hydrogen-bond acceptors (Lipinski definition) is 2. The lowest BCUT2D eigenvalue weighted by Gasteiger charge is -2.08. The zero-order valence-corrected chi connectivity index (χ0v) is 7.03. The second-order valence-electron chi connectivity index (χ2n) is 2.15. The van der Waals surface area contributed by atoms with Gasteiger partial charge < -0.3 is 15.2 Å². The number of hydrogen-bond donors (Lipinski definition) is 4. The highest BCUT2D eigenvalue weighted by Gasteiger charge is 2.09. The molecule has 0 bridgehead atoms. The smallest absolute Gasteiger partial charge is 0.312 e. The highest BCUT2D eigenvalue weighted by molar-refractivity contribution is 7.49. The molecular weight excluding hydrogens is 179 g/mol. The van der Waals surface area contributed by atoms with Crippen molar-refractivity contribution in [2.24, 2.45) is 0 Å². The third-order valence-corrected chi connectivity index (χ3v) is 1.52. The highest BCUT2D eigenvalue weighted by Crippen LogP contribution is 2.27. The first-order valence-electron chi connectivity index (χ1n) is 3.22. The van der Waals surface area contributed by atoms with Crippen molar-refractivity contribution in [2.75, 3.05) is 5.43 Å². The first kappa shape index (κ1) is 9.22. The molecule has 0 amide bonds. The van der Waals surface area contributed by atoms with Gasteiger partial charge in [-0.25, -0.2) is 4.57 Å². The Hall–Kier alpha value is -0.870. The zero-order valence-electron chi connectivity index (χ0n) is 6.14. The summed E-state index contributed by atoms with van der Waals surface area (Å²) in [6.45, 7) is 0. The molecular formula is C6H9N2O3P. The van der Waals surface area contributed by atoms with Crippen LogP contribution in [0.2, 0.25) is 0 Å². The molecule has 0 unspecified atom stereocenters. The zero-order chi connectivity index (χ0) is 9.03. The molecule has 12 heavy (non-hydrogen) atoms. The summed E-state index contributed by atoms with van der Waals surface area (Å²) in [5.74, 6) is 0. The van der Waals surface area contributed by atoms with Crippen molar-refractivity contribution >= 4 is 13.4 Å². The number of benzene rings is 1. The molecule has 0 radical (unpaired) electrons. The molecule has 4 N–H and O–H groups in total. The van der Waals surface area contributed by atoms with Gasteiger partial charge in [0, 0.05) is 5.69 Å². The van der Waals surface area contributed by atoms with Gasteiger partial charge >= 0.3 is 7.75 Å². The Labute approximate surface area is 69.6 Å². The van der Waals surface area contributed by atoms with Crippen LogP contribution >= 0.6 is 7.75 Å². The van der Waals surface area contributed by atoms with Crippen LogP contribution in [0.4, 0.5) is 5.69 Å².